The highest BCUT2D eigenvalue weighted by Gasteiger charge is 2.25. The Balaban J connectivity index is 1.60. The molecular weight excluding hydrogens is 420 g/mol. The summed E-state index contributed by atoms with van der Waals surface area (Å²) in [5, 5.41) is 2.55. The van der Waals surface area contributed by atoms with Gasteiger partial charge in [0.2, 0.25) is 15.9 Å². The molecule has 2 aromatic rings. The van der Waals surface area contributed by atoms with Gasteiger partial charge in [0, 0.05) is 23.7 Å². The smallest absolute Gasteiger partial charge is 0.243 e. The predicted molar refractivity (Wildman–Crippen MR) is 121 cm³/mol. The Morgan fingerprint density at radius 3 is 2.17 bits per heavy atom. The van der Waals surface area contributed by atoms with Crippen molar-refractivity contribution >= 4 is 33.4 Å². The minimum absolute atomic E-state index is 0.140. The first kappa shape index (κ1) is 22.7. The number of nitrogens with zero attached hydrogens (tertiary/aromatic N) is 1. The zero-order valence-corrected chi connectivity index (χ0v) is 19.0. The Bertz CT molecular complexity index is 936. The van der Waals surface area contributed by atoms with Crippen LogP contribution in [0.3, 0.4) is 0 Å². The lowest BCUT2D eigenvalue weighted by Gasteiger charge is -2.20. The molecule has 1 N–H and O–H groups in total. The fourth-order valence-corrected chi connectivity index (χ4v) is 5.68. The number of hydrogen-bond acceptors (Lipinski definition) is 5. The molecule has 0 aromatic heterocycles. The van der Waals surface area contributed by atoms with Crippen LogP contribution in [0.5, 0.6) is 5.75 Å². The van der Waals surface area contributed by atoms with E-state index in [1.807, 2.05) is 31.2 Å². The van der Waals surface area contributed by atoms with Gasteiger partial charge in [-0.05, 0) is 68.3 Å². The molecule has 1 fully saturated rings. The van der Waals surface area contributed by atoms with E-state index in [4.69, 9.17) is 4.74 Å². The van der Waals surface area contributed by atoms with Crippen molar-refractivity contribution in [3.63, 3.8) is 0 Å². The van der Waals surface area contributed by atoms with Crippen LogP contribution < -0.4 is 10.1 Å². The number of rotatable bonds is 7. The maximum atomic E-state index is 12.9. The summed E-state index contributed by atoms with van der Waals surface area (Å²) in [6, 6.07) is 14.0. The van der Waals surface area contributed by atoms with Crippen LogP contribution in [0.4, 0.5) is 5.69 Å². The lowest BCUT2D eigenvalue weighted by Crippen LogP contribution is -2.31. The van der Waals surface area contributed by atoms with Gasteiger partial charge in [-0.25, -0.2) is 8.42 Å². The number of ether oxygens (including phenoxy) is 1. The van der Waals surface area contributed by atoms with E-state index < -0.39 is 10.0 Å². The zero-order chi connectivity index (χ0) is 21.6. The normalized spacial score (nSPS) is 16.5. The summed E-state index contributed by atoms with van der Waals surface area (Å²) >= 11 is 1.45. The van der Waals surface area contributed by atoms with Gasteiger partial charge in [0.15, 0.2) is 0 Å². The summed E-state index contributed by atoms with van der Waals surface area (Å²) in [5.41, 5.74) is 0.581. The van der Waals surface area contributed by atoms with Gasteiger partial charge >= 0.3 is 0 Å². The number of amides is 1. The topological polar surface area (TPSA) is 75.7 Å². The van der Waals surface area contributed by atoms with Crippen molar-refractivity contribution in [2.24, 2.45) is 0 Å². The Kier molecular flexibility index (Phi) is 7.80. The fourth-order valence-electron chi connectivity index (χ4n) is 3.30. The van der Waals surface area contributed by atoms with Gasteiger partial charge < -0.3 is 10.1 Å². The third-order valence-corrected chi connectivity index (χ3v) is 8.09. The zero-order valence-electron chi connectivity index (χ0n) is 17.3. The standard InChI is InChI=1S/C22H28N2O4S2/c1-17(29-20-11-9-19(28-2)10-12-20)22(25)23-18-7-13-21(14-8-18)30(26,27)24-15-5-3-4-6-16-24/h7-14,17H,3-6,15-16H2,1-2H3,(H,23,25)/t17-/m1/s1. The Hall–Kier alpha value is -2.03. The molecule has 1 amide bonds. The molecule has 6 nitrogen and oxygen atoms in total. The fraction of sp³-hybridized carbons (Fsp3) is 0.409. The number of thioether (sulfide) groups is 1. The third-order valence-electron chi connectivity index (χ3n) is 5.07. The van der Waals surface area contributed by atoms with Crippen molar-refractivity contribution < 1.29 is 17.9 Å². The van der Waals surface area contributed by atoms with Crippen molar-refractivity contribution in [2.75, 3.05) is 25.5 Å². The van der Waals surface area contributed by atoms with E-state index >= 15 is 0 Å². The highest BCUT2D eigenvalue weighted by atomic mass is 32.2. The lowest BCUT2D eigenvalue weighted by molar-refractivity contribution is -0.115. The number of carbonyl (C=O) groups excluding carboxylic acids is 1. The van der Waals surface area contributed by atoms with Gasteiger partial charge in [0.05, 0.1) is 17.3 Å². The van der Waals surface area contributed by atoms with Crippen molar-refractivity contribution in [1.82, 2.24) is 4.31 Å². The molecule has 0 aliphatic carbocycles. The second-order valence-electron chi connectivity index (χ2n) is 7.27. The van der Waals surface area contributed by atoms with Crippen molar-refractivity contribution in [1.29, 1.82) is 0 Å². The summed E-state index contributed by atoms with van der Waals surface area (Å²) in [6.45, 7) is 2.98. The van der Waals surface area contributed by atoms with E-state index in [1.165, 1.54) is 11.8 Å². The van der Waals surface area contributed by atoms with Gasteiger partial charge in [0.1, 0.15) is 5.75 Å². The third kappa shape index (κ3) is 5.77. The first-order chi connectivity index (χ1) is 14.4. The number of methoxy groups -OCH3 is 1. The largest absolute Gasteiger partial charge is 0.497 e. The molecule has 1 aliphatic heterocycles. The molecule has 2 aromatic carbocycles. The summed E-state index contributed by atoms with van der Waals surface area (Å²) in [7, 11) is -1.87. The molecule has 0 spiro atoms. The van der Waals surface area contributed by atoms with Crippen LogP contribution in [-0.4, -0.2) is 44.1 Å². The van der Waals surface area contributed by atoms with Gasteiger partial charge in [0.25, 0.3) is 0 Å². The Morgan fingerprint density at radius 2 is 1.60 bits per heavy atom. The molecule has 0 unspecified atom stereocenters. The molecule has 162 valence electrons. The van der Waals surface area contributed by atoms with Crippen LogP contribution in [0.15, 0.2) is 58.3 Å². The van der Waals surface area contributed by atoms with E-state index in [2.05, 4.69) is 5.32 Å². The number of nitrogens with one attached hydrogen (secondary N) is 1. The van der Waals surface area contributed by atoms with Crippen molar-refractivity contribution in [2.45, 2.75) is 47.6 Å². The minimum atomic E-state index is -3.49. The predicted octanol–water partition coefficient (Wildman–Crippen LogP) is 4.38. The van der Waals surface area contributed by atoms with Crippen LogP contribution >= 0.6 is 11.8 Å². The van der Waals surface area contributed by atoms with Gasteiger partial charge in [-0.2, -0.15) is 4.31 Å². The number of hydrogen-bond donors (Lipinski definition) is 1. The minimum Gasteiger partial charge on any atom is -0.497 e. The number of anilines is 1. The molecule has 0 bridgehead atoms. The van der Waals surface area contributed by atoms with Crippen molar-refractivity contribution in [3.05, 3.63) is 48.5 Å². The maximum Gasteiger partial charge on any atom is 0.243 e. The first-order valence-corrected chi connectivity index (χ1v) is 12.4. The van der Waals surface area contributed by atoms with E-state index in [1.54, 1.807) is 35.7 Å². The summed E-state index contributed by atoms with van der Waals surface area (Å²) in [5.74, 6) is 0.630. The molecule has 1 saturated heterocycles. The molecule has 8 heteroatoms. The summed E-state index contributed by atoms with van der Waals surface area (Å²) < 4.78 is 32.4. The van der Waals surface area contributed by atoms with E-state index in [0.717, 1.165) is 36.3 Å². The van der Waals surface area contributed by atoms with Crippen LogP contribution in [0.1, 0.15) is 32.6 Å². The van der Waals surface area contributed by atoms with Gasteiger partial charge in [-0.1, -0.05) is 12.8 Å². The highest BCUT2D eigenvalue weighted by molar-refractivity contribution is 8.00. The van der Waals surface area contributed by atoms with Crippen LogP contribution in [-0.2, 0) is 14.8 Å². The molecule has 1 atom stereocenters. The monoisotopic (exact) mass is 448 g/mol. The molecule has 3 rings (SSSR count). The van der Waals surface area contributed by atoms with Gasteiger partial charge in [-0.3, -0.25) is 4.79 Å². The quantitative estimate of drug-likeness (QED) is 0.636. The Morgan fingerprint density at radius 1 is 1.00 bits per heavy atom. The van der Waals surface area contributed by atoms with Gasteiger partial charge in [-0.15, -0.1) is 11.8 Å². The summed E-state index contributed by atoms with van der Waals surface area (Å²) in [6.07, 6.45) is 3.95. The molecule has 0 saturated carbocycles. The van der Waals surface area contributed by atoms with Crippen molar-refractivity contribution in [3.8, 4) is 5.75 Å². The van der Waals surface area contributed by atoms with E-state index in [9.17, 15) is 13.2 Å². The molecule has 1 heterocycles. The highest BCUT2D eigenvalue weighted by Crippen LogP contribution is 2.27. The average molecular weight is 449 g/mol. The maximum absolute atomic E-state index is 12.9. The SMILES string of the molecule is COc1ccc(S[C@H](C)C(=O)Nc2ccc(S(=O)(=O)N3CCCCCC3)cc2)cc1. The lowest BCUT2D eigenvalue weighted by atomic mass is 10.2. The number of carbonyl (C=O) groups is 1. The van der Waals surface area contributed by atoms with E-state index in [-0.39, 0.29) is 16.1 Å². The molecule has 30 heavy (non-hydrogen) atoms. The first-order valence-electron chi connectivity index (χ1n) is 10.1. The number of sulfonamides is 1. The van der Waals surface area contributed by atoms with Crippen LogP contribution in [0.2, 0.25) is 0 Å². The summed E-state index contributed by atoms with van der Waals surface area (Å²) in [4.78, 5) is 13.8. The number of benzene rings is 2. The molecule has 0 radical (unpaired) electrons. The van der Waals surface area contributed by atoms with E-state index in [0.29, 0.717) is 18.8 Å². The molecule has 1 aliphatic rings. The second kappa shape index (κ2) is 10.3. The van der Waals surface area contributed by atoms with Crippen LogP contribution in [0, 0.1) is 0 Å². The Labute approximate surface area is 183 Å². The second-order valence-corrected chi connectivity index (χ2v) is 10.6. The average Bonchev–Trinajstić information content (AvgIpc) is 3.05. The molecular formula is C22H28N2O4S2. The van der Waals surface area contributed by atoms with Crippen LogP contribution in [0.25, 0.3) is 0 Å².